The van der Waals surface area contributed by atoms with Crippen molar-refractivity contribution >= 4 is 17.8 Å². The van der Waals surface area contributed by atoms with Gasteiger partial charge >= 0.3 is 5.97 Å². The molecule has 2 aliphatic heterocycles. The summed E-state index contributed by atoms with van der Waals surface area (Å²) in [6.07, 6.45) is 0.717. The molecule has 0 saturated carbocycles. The first-order valence-electron chi connectivity index (χ1n) is 5.37. The van der Waals surface area contributed by atoms with E-state index < -0.39 is 5.97 Å². The van der Waals surface area contributed by atoms with Crippen LogP contribution in [0.4, 0.5) is 0 Å². The third kappa shape index (κ3) is 2.06. The number of carboxylic acids is 1. The highest BCUT2D eigenvalue weighted by Crippen LogP contribution is 2.28. The van der Waals surface area contributed by atoms with E-state index in [9.17, 15) is 14.4 Å². The summed E-state index contributed by atoms with van der Waals surface area (Å²) in [7, 11) is 0. The van der Waals surface area contributed by atoms with Crippen LogP contribution in [0.5, 0.6) is 0 Å². The van der Waals surface area contributed by atoms with Crippen LogP contribution in [0.3, 0.4) is 0 Å². The largest absolute Gasteiger partial charge is 0.481 e. The van der Waals surface area contributed by atoms with Crippen molar-refractivity contribution in [1.82, 2.24) is 10.2 Å². The van der Waals surface area contributed by atoms with Crippen LogP contribution in [-0.2, 0) is 14.4 Å². The fraction of sp³-hybridized carbons (Fsp3) is 0.700. The maximum absolute atomic E-state index is 11.4. The lowest BCUT2D eigenvalue weighted by atomic mass is 9.88. The van der Waals surface area contributed by atoms with Crippen molar-refractivity contribution in [3.05, 3.63) is 0 Å². The smallest absolute Gasteiger partial charge is 0.304 e. The van der Waals surface area contributed by atoms with Crippen LogP contribution in [0.2, 0.25) is 0 Å². The molecular weight excluding hydrogens is 212 g/mol. The van der Waals surface area contributed by atoms with Gasteiger partial charge in [-0.25, -0.2) is 0 Å². The SMILES string of the molecule is O=C(O)CCN1CCC2C(=O)NC(=O)C2C1. The highest BCUT2D eigenvalue weighted by molar-refractivity contribution is 6.05. The number of nitrogens with one attached hydrogen (secondary N) is 1. The number of piperidine rings is 1. The fourth-order valence-electron chi connectivity index (χ4n) is 2.36. The summed E-state index contributed by atoms with van der Waals surface area (Å²) in [5.74, 6) is -1.71. The van der Waals surface area contributed by atoms with E-state index in [0.29, 0.717) is 26.1 Å². The first kappa shape index (κ1) is 11.1. The number of hydrogen-bond acceptors (Lipinski definition) is 4. The molecule has 0 radical (unpaired) electrons. The lowest BCUT2D eigenvalue weighted by molar-refractivity contribution is -0.137. The van der Waals surface area contributed by atoms with Crippen LogP contribution in [-0.4, -0.2) is 47.4 Å². The second-order valence-corrected chi connectivity index (χ2v) is 4.30. The number of nitrogens with zero attached hydrogens (tertiary/aromatic N) is 1. The summed E-state index contributed by atoms with van der Waals surface area (Å²) in [6, 6.07) is 0. The van der Waals surface area contributed by atoms with E-state index >= 15 is 0 Å². The number of rotatable bonds is 3. The van der Waals surface area contributed by atoms with Crippen molar-refractivity contribution in [2.24, 2.45) is 11.8 Å². The fourth-order valence-corrected chi connectivity index (χ4v) is 2.36. The Labute approximate surface area is 92.6 Å². The molecule has 16 heavy (non-hydrogen) atoms. The zero-order chi connectivity index (χ0) is 11.7. The van der Waals surface area contributed by atoms with Gasteiger partial charge in [0.1, 0.15) is 0 Å². The predicted octanol–water partition coefficient (Wildman–Crippen LogP) is -0.944. The zero-order valence-electron chi connectivity index (χ0n) is 8.81. The Kier molecular flexibility index (Phi) is 2.91. The maximum atomic E-state index is 11.4. The van der Waals surface area contributed by atoms with Crippen molar-refractivity contribution in [3.8, 4) is 0 Å². The van der Waals surface area contributed by atoms with Gasteiger partial charge in [-0.1, -0.05) is 0 Å². The molecule has 0 aromatic carbocycles. The Bertz CT molecular complexity index is 342. The topological polar surface area (TPSA) is 86.7 Å². The minimum atomic E-state index is -0.839. The van der Waals surface area contributed by atoms with Gasteiger partial charge in [0, 0.05) is 13.1 Å². The van der Waals surface area contributed by atoms with Crippen molar-refractivity contribution in [2.75, 3.05) is 19.6 Å². The van der Waals surface area contributed by atoms with E-state index in [1.54, 1.807) is 0 Å². The van der Waals surface area contributed by atoms with Gasteiger partial charge in [-0.15, -0.1) is 0 Å². The number of hydrogen-bond donors (Lipinski definition) is 2. The van der Waals surface area contributed by atoms with Crippen molar-refractivity contribution < 1.29 is 19.5 Å². The van der Waals surface area contributed by atoms with E-state index in [-0.39, 0.29) is 30.1 Å². The van der Waals surface area contributed by atoms with Gasteiger partial charge in [-0.05, 0) is 13.0 Å². The monoisotopic (exact) mass is 226 g/mol. The zero-order valence-corrected chi connectivity index (χ0v) is 8.81. The molecule has 2 fully saturated rings. The molecule has 2 aliphatic rings. The van der Waals surface area contributed by atoms with Gasteiger partial charge in [-0.3, -0.25) is 19.7 Å². The Morgan fingerprint density at radius 1 is 1.38 bits per heavy atom. The summed E-state index contributed by atoms with van der Waals surface area (Å²) >= 11 is 0. The second-order valence-electron chi connectivity index (χ2n) is 4.30. The number of imide groups is 1. The number of amides is 2. The first-order chi connectivity index (χ1) is 7.58. The van der Waals surface area contributed by atoms with Crippen LogP contribution in [0, 0.1) is 11.8 Å². The Hall–Kier alpha value is -1.43. The van der Waals surface area contributed by atoms with Crippen LogP contribution >= 0.6 is 0 Å². The lowest BCUT2D eigenvalue weighted by Crippen LogP contribution is -2.42. The third-order valence-electron chi connectivity index (χ3n) is 3.26. The van der Waals surface area contributed by atoms with Crippen LogP contribution < -0.4 is 5.32 Å². The Morgan fingerprint density at radius 3 is 2.75 bits per heavy atom. The molecule has 88 valence electrons. The highest BCUT2D eigenvalue weighted by atomic mass is 16.4. The maximum Gasteiger partial charge on any atom is 0.304 e. The minimum absolute atomic E-state index is 0.0763. The number of fused-ring (bicyclic) bond motifs is 1. The van der Waals surface area contributed by atoms with Gasteiger partial charge in [-0.2, -0.15) is 0 Å². The molecule has 2 unspecified atom stereocenters. The van der Waals surface area contributed by atoms with Gasteiger partial charge in [0.05, 0.1) is 18.3 Å². The molecule has 0 aromatic rings. The van der Waals surface area contributed by atoms with Crippen molar-refractivity contribution in [3.63, 3.8) is 0 Å². The summed E-state index contributed by atoms with van der Waals surface area (Å²) in [5, 5.41) is 10.9. The van der Waals surface area contributed by atoms with E-state index in [1.807, 2.05) is 4.90 Å². The second kappa shape index (κ2) is 4.21. The molecule has 2 saturated heterocycles. The van der Waals surface area contributed by atoms with Gasteiger partial charge in [0.25, 0.3) is 0 Å². The molecule has 2 atom stereocenters. The van der Waals surface area contributed by atoms with Crippen LogP contribution in [0.15, 0.2) is 0 Å². The van der Waals surface area contributed by atoms with E-state index in [4.69, 9.17) is 5.11 Å². The number of carbonyl (C=O) groups excluding carboxylic acids is 2. The van der Waals surface area contributed by atoms with E-state index in [1.165, 1.54) is 0 Å². The van der Waals surface area contributed by atoms with E-state index in [2.05, 4.69) is 5.32 Å². The normalized spacial score (nSPS) is 30.0. The number of likely N-dealkylation sites (tertiary alicyclic amines) is 1. The predicted molar refractivity (Wildman–Crippen MR) is 53.4 cm³/mol. The van der Waals surface area contributed by atoms with Gasteiger partial charge in [0.15, 0.2) is 0 Å². The molecule has 2 N–H and O–H groups in total. The molecular formula is C10H14N2O4. The molecule has 6 heteroatoms. The van der Waals surface area contributed by atoms with E-state index in [0.717, 1.165) is 0 Å². The average Bonchev–Trinajstić information content (AvgIpc) is 2.52. The Morgan fingerprint density at radius 2 is 2.06 bits per heavy atom. The van der Waals surface area contributed by atoms with Crippen molar-refractivity contribution in [2.45, 2.75) is 12.8 Å². The minimum Gasteiger partial charge on any atom is -0.481 e. The number of carboxylic acid groups (broad SMARTS) is 1. The quantitative estimate of drug-likeness (QED) is 0.606. The number of aliphatic carboxylic acids is 1. The standard InChI is InChI=1S/C10H14N2O4/c13-8(14)2-4-12-3-1-6-7(5-12)10(16)11-9(6)15/h6-7H,1-5H2,(H,13,14)(H,11,15,16). The molecule has 0 bridgehead atoms. The molecule has 6 nitrogen and oxygen atoms in total. The molecule has 0 aliphatic carbocycles. The molecule has 2 amide bonds. The third-order valence-corrected chi connectivity index (χ3v) is 3.26. The Balaban J connectivity index is 1.92. The summed E-state index contributed by atoms with van der Waals surface area (Å²) in [6.45, 7) is 1.63. The van der Waals surface area contributed by atoms with Gasteiger partial charge < -0.3 is 10.0 Å². The lowest BCUT2D eigenvalue weighted by Gasteiger charge is -2.31. The molecule has 0 spiro atoms. The highest BCUT2D eigenvalue weighted by Gasteiger charge is 2.44. The molecule has 2 rings (SSSR count). The van der Waals surface area contributed by atoms with Gasteiger partial charge in [0.2, 0.25) is 11.8 Å². The van der Waals surface area contributed by atoms with Crippen molar-refractivity contribution in [1.29, 1.82) is 0 Å². The average molecular weight is 226 g/mol. The van der Waals surface area contributed by atoms with Crippen LogP contribution in [0.25, 0.3) is 0 Å². The summed E-state index contributed by atoms with van der Waals surface area (Å²) in [4.78, 5) is 35.1. The molecule has 2 heterocycles. The summed E-state index contributed by atoms with van der Waals surface area (Å²) in [5.41, 5.74) is 0. The number of carbonyl (C=O) groups is 3. The summed E-state index contributed by atoms with van der Waals surface area (Å²) < 4.78 is 0. The molecule has 0 aromatic heterocycles. The van der Waals surface area contributed by atoms with Crippen LogP contribution in [0.1, 0.15) is 12.8 Å². The first-order valence-corrected chi connectivity index (χ1v) is 5.37.